The minimum atomic E-state index is -3.56. The molecule has 1 aliphatic rings. The Balaban J connectivity index is 2.42. The molecule has 0 aliphatic carbocycles. The van der Waals surface area contributed by atoms with Gasteiger partial charge in [-0.25, -0.2) is 9.86 Å². The van der Waals surface area contributed by atoms with Crippen LogP contribution in [0.1, 0.15) is 0 Å². The molecule has 0 aromatic heterocycles. The summed E-state index contributed by atoms with van der Waals surface area (Å²) >= 11 is 0. The minimum Gasteiger partial charge on any atom is -0.303 e. The van der Waals surface area contributed by atoms with E-state index in [0.717, 1.165) is 19.6 Å². The molecule has 0 bridgehead atoms. The number of rotatable bonds is 3. The smallest absolute Gasteiger partial charge is 0.274 e. The lowest BCUT2D eigenvalue weighted by atomic mass is 10.2. The molecule has 1 aliphatic heterocycles. The maximum absolute atomic E-state index is 10.7. The summed E-state index contributed by atoms with van der Waals surface area (Å²) in [5.74, 6) is 0. The Bertz CT molecular complexity index is 279. The van der Waals surface area contributed by atoms with Crippen LogP contribution in [0.25, 0.3) is 0 Å². The Morgan fingerprint density at radius 2 is 2.07 bits per heavy atom. The summed E-state index contributed by atoms with van der Waals surface area (Å²) in [6, 6.07) is 0.201. The van der Waals surface area contributed by atoms with Crippen molar-refractivity contribution < 1.29 is 8.42 Å². The molecular formula is C7H18N4O2S. The van der Waals surface area contributed by atoms with E-state index in [1.165, 1.54) is 0 Å². The second kappa shape index (κ2) is 4.54. The first-order valence-corrected chi connectivity index (χ1v) is 6.09. The summed E-state index contributed by atoms with van der Waals surface area (Å²) in [6.45, 7) is 3.20. The first-order valence-electron chi connectivity index (χ1n) is 4.54. The van der Waals surface area contributed by atoms with E-state index in [1.54, 1.807) is 0 Å². The van der Waals surface area contributed by atoms with Gasteiger partial charge in [-0.15, -0.1) is 0 Å². The Morgan fingerprint density at radius 3 is 2.64 bits per heavy atom. The van der Waals surface area contributed by atoms with Gasteiger partial charge in [0.25, 0.3) is 10.2 Å². The minimum absolute atomic E-state index is 0.201. The molecule has 7 heteroatoms. The maximum atomic E-state index is 10.7. The van der Waals surface area contributed by atoms with E-state index in [2.05, 4.69) is 14.5 Å². The van der Waals surface area contributed by atoms with Crippen molar-refractivity contribution in [1.82, 2.24) is 14.5 Å². The fraction of sp³-hybridized carbons (Fsp3) is 1.00. The molecule has 1 unspecified atom stereocenters. The third-order valence-electron chi connectivity index (χ3n) is 2.50. The van der Waals surface area contributed by atoms with Crippen molar-refractivity contribution in [2.45, 2.75) is 6.04 Å². The molecular weight excluding hydrogens is 204 g/mol. The monoisotopic (exact) mass is 222 g/mol. The second-order valence-corrected chi connectivity index (χ2v) is 5.17. The highest BCUT2D eigenvalue weighted by Crippen LogP contribution is 2.04. The largest absolute Gasteiger partial charge is 0.303 e. The van der Waals surface area contributed by atoms with Gasteiger partial charge in [0.05, 0.1) is 0 Å². The van der Waals surface area contributed by atoms with E-state index in [4.69, 9.17) is 5.14 Å². The van der Waals surface area contributed by atoms with Gasteiger partial charge in [0, 0.05) is 32.2 Å². The van der Waals surface area contributed by atoms with Gasteiger partial charge in [-0.1, -0.05) is 0 Å². The third-order valence-corrected chi connectivity index (χ3v) is 3.07. The van der Waals surface area contributed by atoms with Gasteiger partial charge >= 0.3 is 0 Å². The van der Waals surface area contributed by atoms with Gasteiger partial charge in [0.15, 0.2) is 0 Å². The predicted octanol–water partition coefficient (Wildman–Crippen LogP) is -1.97. The Labute approximate surface area is 85.2 Å². The summed E-state index contributed by atoms with van der Waals surface area (Å²) in [5.41, 5.74) is 0. The first kappa shape index (κ1) is 11.9. The number of hydrogen-bond donors (Lipinski definition) is 2. The summed E-state index contributed by atoms with van der Waals surface area (Å²) in [6.07, 6.45) is 0. The first-order chi connectivity index (χ1) is 6.38. The van der Waals surface area contributed by atoms with Crippen LogP contribution in [0.15, 0.2) is 0 Å². The molecule has 0 radical (unpaired) electrons. The van der Waals surface area contributed by atoms with E-state index in [1.807, 2.05) is 14.1 Å². The lowest BCUT2D eigenvalue weighted by Gasteiger charge is -2.37. The topological polar surface area (TPSA) is 78.7 Å². The molecule has 1 fully saturated rings. The van der Waals surface area contributed by atoms with Crippen molar-refractivity contribution in [1.29, 1.82) is 0 Å². The molecule has 84 valence electrons. The standard InChI is InChI=1S/C7H18N4O2S/c1-10-3-4-11(2)7(6-10)5-9-14(8,12)13/h7,9H,3-6H2,1-2H3,(H2,8,12,13). The molecule has 1 atom stereocenters. The van der Waals surface area contributed by atoms with Gasteiger partial charge in [0.2, 0.25) is 0 Å². The van der Waals surface area contributed by atoms with E-state index in [0.29, 0.717) is 6.54 Å². The van der Waals surface area contributed by atoms with Gasteiger partial charge in [0.1, 0.15) is 0 Å². The van der Waals surface area contributed by atoms with E-state index in [9.17, 15) is 8.42 Å². The van der Waals surface area contributed by atoms with Crippen molar-refractivity contribution in [3.63, 3.8) is 0 Å². The van der Waals surface area contributed by atoms with Crippen LogP contribution < -0.4 is 9.86 Å². The fourth-order valence-electron chi connectivity index (χ4n) is 1.53. The molecule has 0 aromatic rings. The van der Waals surface area contributed by atoms with Crippen molar-refractivity contribution in [2.24, 2.45) is 5.14 Å². The molecule has 1 heterocycles. The molecule has 14 heavy (non-hydrogen) atoms. The summed E-state index contributed by atoms with van der Waals surface area (Å²) in [7, 11) is 0.454. The van der Waals surface area contributed by atoms with Crippen LogP contribution in [0.5, 0.6) is 0 Å². The van der Waals surface area contributed by atoms with Gasteiger partial charge in [-0.05, 0) is 14.1 Å². The van der Waals surface area contributed by atoms with Crippen LogP contribution in [0.3, 0.4) is 0 Å². The van der Waals surface area contributed by atoms with Gasteiger partial charge in [-0.2, -0.15) is 8.42 Å². The van der Waals surface area contributed by atoms with Crippen LogP contribution in [-0.4, -0.2) is 64.5 Å². The highest BCUT2D eigenvalue weighted by Gasteiger charge is 2.22. The molecule has 0 amide bonds. The van der Waals surface area contributed by atoms with Crippen LogP contribution >= 0.6 is 0 Å². The molecule has 0 saturated carbocycles. The molecule has 6 nitrogen and oxygen atoms in total. The lowest BCUT2D eigenvalue weighted by Crippen LogP contribution is -2.54. The number of likely N-dealkylation sites (N-methyl/N-ethyl adjacent to an activating group) is 2. The number of nitrogens with zero attached hydrogens (tertiary/aromatic N) is 2. The molecule has 1 saturated heterocycles. The highest BCUT2D eigenvalue weighted by molar-refractivity contribution is 7.87. The zero-order valence-electron chi connectivity index (χ0n) is 8.60. The van der Waals surface area contributed by atoms with E-state index >= 15 is 0 Å². The van der Waals surface area contributed by atoms with Crippen LogP contribution in [0.2, 0.25) is 0 Å². The summed E-state index contributed by atoms with van der Waals surface area (Å²) in [5, 5.41) is 4.86. The van der Waals surface area contributed by atoms with Gasteiger partial charge in [-0.3, -0.25) is 4.90 Å². The Kier molecular flexibility index (Phi) is 3.85. The molecule has 3 N–H and O–H groups in total. The van der Waals surface area contributed by atoms with Crippen LogP contribution in [0, 0.1) is 0 Å². The maximum Gasteiger partial charge on any atom is 0.274 e. The molecule has 1 rings (SSSR count). The van der Waals surface area contributed by atoms with E-state index < -0.39 is 10.2 Å². The zero-order valence-corrected chi connectivity index (χ0v) is 9.42. The fourth-order valence-corrected chi connectivity index (χ4v) is 1.96. The summed E-state index contributed by atoms with van der Waals surface area (Å²) in [4.78, 5) is 4.31. The number of nitrogens with two attached hydrogens (primary N) is 1. The van der Waals surface area contributed by atoms with Crippen molar-refractivity contribution in [2.75, 3.05) is 40.3 Å². The zero-order chi connectivity index (χ0) is 10.8. The highest BCUT2D eigenvalue weighted by atomic mass is 32.2. The van der Waals surface area contributed by atoms with Crippen molar-refractivity contribution >= 4 is 10.2 Å². The SMILES string of the molecule is CN1CCN(C)C(CNS(N)(=O)=O)C1. The molecule has 0 aromatic carbocycles. The number of piperazine rings is 1. The van der Waals surface area contributed by atoms with Crippen molar-refractivity contribution in [3.05, 3.63) is 0 Å². The second-order valence-electron chi connectivity index (χ2n) is 3.79. The lowest BCUT2D eigenvalue weighted by molar-refractivity contribution is 0.117. The average molecular weight is 222 g/mol. The van der Waals surface area contributed by atoms with E-state index in [-0.39, 0.29) is 6.04 Å². The third kappa shape index (κ3) is 3.89. The normalized spacial score (nSPS) is 26.6. The molecule has 0 spiro atoms. The Hall–Kier alpha value is -0.210. The predicted molar refractivity (Wildman–Crippen MR) is 55.0 cm³/mol. The Morgan fingerprint density at radius 1 is 1.43 bits per heavy atom. The van der Waals surface area contributed by atoms with Crippen molar-refractivity contribution in [3.8, 4) is 0 Å². The quantitative estimate of drug-likeness (QED) is 0.580. The average Bonchev–Trinajstić information content (AvgIpc) is 2.05. The van der Waals surface area contributed by atoms with Crippen LogP contribution in [0.4, 0.5) is 0 Å². The summed E-state index contributed by atoms with van der Waals surface area (Å²) < 4.78 is 23.7. The van der Waals surface area contributed by atoms with Gasteiger partial charge < -0.3 is 4.90 Å². The number of hydrogen-bond acceptors (Lipinski definition) is 4. The number of nitrogens with one attached hydrogen (secondary N) is 1. The van der Waals surface area contributed by atoms with Crippen LogP contribution in [-0.2, 0) is 10.2 Å².